The molecule has 2 aromatic rings. The number of hydrogen-bond acceptors (Lipinski definition) is 3. The van der Waals surface area contributed by atoms with Gasteiger partial charge in [0.2, 0.25) is 5.88 Å². The highest BCUT2D eigenvalue weighted by Gasteiger charge is 2.12. The number of H-pyrrole nitrogens is 1. The zero-order chi connectivity index (χ0) is 12.4. The Morgan fingerprint density at radius 3 is 2.82 bits per heavy atom. The van der Waals surface area contributed by atoms with E-state index < -0.39 is 17.3 Å². The maximum Gasteiger partial charge on any atom is 0.262 e. The second kappa shape index (κ2) is 4.55. The fraction of sp³-hybridized carbons (Fsp3) is 0.0909. The molecule has 0 amide bonds. The van der Waals surface area contributed by atoms with Crippen LogP contribution in [0.25, 0.3) is 11.1 Å². The molecule has 0 radical (unpaired) electrons. The summed E-state index contributed by atoms with van der Waals surface area (Å²) in [6.45, 7) is 0. The molecule has 0 saturated heterocycles. The van der Waals surface area contributed by atoms with E-state index >= 15 is 0 Å². The van der Waals surface area contributed by atoms with Gasteiger partial charge < -0.3 is 10.1 Å². The van der Waals surface area contributed by atoms with Crippen LogP contribution in [0.15, 0.2) is 29.1 Å². The molecule has 2 N–H and O–H groups in total. The van der Waals surface area contributed by atoms with E-state index in [4.69, 9.17) is 11.6 Å². The fourth-order valence-electron chi connectivity index (χ4n) is 1.47. The van der Waals surface area contributed by atoms with Crippen molar-refractivity contribution in [1.82, 2.24) is 9.97 Å². The highest BCUT2D eigenvalue weighted by Crippen LogP contribution is 2.23. The minimum atomic E-state index is -0.557. The van der Waals surface area contributed by atoms with Crippen LogP contribution in [-0.4, -0.2) is 15.1 Å². The standard InChI is InChI=1S/C11H8ClFN2O2/c12-5-8-14-10(16)9(11(17)15-8)6-2-1-3-7(13)4-6/h1-4H,5H2,(H2,14,15,16,17). The zero-order valence-corrected chi connectivity index (χ0v) is 9.33. The third-order valence-electron chi connectivity index (χ3n) is 2.19. The van der Waals surface area contributed by atoms with Crippen molar-refractivity contribution < 1.29 is 9.50 Å². The summed E-state index contributed by atoms with van der Waals surface area (Å²) >= 11 is 5.49. The lowest BCUT2D eigenvalue weighted by molar-refractivity contribution is 0.451. The first-order chi connectivity index (χ1) is 8.11. The van der Waals surface area contributed by atoms with Crippen molar-refractivity contribution in [2.75, 3.05) is 0 Å². The van der Waals surface area contributed by atoms with Gasteiger partial charge in [0.05, 0.1) is 5.88 Å². The highest BCUT2D eigenvalue weighted by molar-refractivity contribution is 6.16. The van der Waals surface area contributed by atoms with E-state index in [2.05, 4.69) is 9.97 Å². The summed E-state index contributed by atoms with van der Waals surface area (Å²) in [4.78, 5) is 17.8. The zero-order valence-electron chi connectivity index (χ0n) is 8.58. The molecule has 0 atom stereocenters. The number of rotatable bonds is 2. The minimum Gasteiger partial charge on any atom is -0.493 e. The molecule has 0 unspecified atom stereocenters. The van der Waals surface area contributed by atoms with Crippen LogP contribution in [0, 0.1) is 5.82 Å². The molecule has 0 aliphatic rings. The van der Waals surface area contributed by atoms with Gasteiger partial charge in [0.25, 0.3) is 5.56 Å². The first-order valence-corrected chi connectivity index (χ1v) is 5.29. The molecule has 0 fully saturated rings. The molecular weight excluding hydrogens is 247 g/mol. The summed E-state index contributed by atoms with van der Waals surface area (Å²) in [6.07, 6.45) is 0. The maximum absolute atomic E-state index is 13.0. The Morgan fingerprint density at radius 1 is 1.47 bits per heavy atom. The predicted molar refractivity (Wildman–Crippen MR) is 61.5 cm³/mol. The lowest BCUT2D eigenvalue weighted by Crippen LogP contribution is -2.13. The van der Waals surface area contributed by atoms with Gasteiger partial charge in [-0.3, -0.25) is 4.79 Å². The fourth-order valence-corrected chi connectivity index (χ4v) is 1.60. The van der Waals surface area contributed by atoms with Crippen molar-refractivity contribution in [3.05, 3.63) is 46.3 Å². The van der Waals surface area contributed by atoms with E-state index in [1.54, 1.807) is 0 Å². The summed E-state index contributed by atoms with van der Waals surface area (Å²) in [5.41, 5.74) is -0.366. The minimum absolute atomic E-state index is 0.0216. The molecule has 1 aromatic carbocycles. The van der Waals surface area contributed by atoms with Crippen molar-refractivity contribution >= 4 is 11.6 Å². The molecule has 6 heteroatoms. The van der Waals surface area contributed by atoms with Crippen LogP contribution in [0.2, 0.25) is 0 Å². The number of nitrogens with one attached hydrogen (secondary N) is 1. The van der Waals surface area contributed by atoms with E-state index in [0.29, 0.717) is 0 Å². The number of hydrogen-bond donors (Lipinski definition) is 2. The molecule has 0 aliphatic heterocycles. The second-order valence-electron chi connectivity index (χ2n) is 3.36. The molecule has 0 saturated carbocycles. The van der Waals surface area contributed by atoms with Crippen LogP contribution in [-0.2, 0) is 5.88 Å². The van der Waals surface area contributed by atoms with E-state index in [1.165, 1.54) is 18.2 Å². The Labute approximate surface area is 101 Å². The lowest BCUT2D eigenvalue weighted by Gasteiger charge is -2.04. The lowest BCUT2D eigenvalue weighted by atomic mass is 10.1. The average Bonchev–Trinajstić information content (AvgIpc) is 2.28. The quantitative estimate of drug-likeness (QED) is 0.806. The van der Waals surface area contributed by atoms with E-state index in [1.807, 2.05) is 0 Å². The first kappa shape index (κ1) is 11.6. The molecule has 0 bridgehead atoms. The van der Waals surface area contributed by atoms with Crippen LogP contribution in [0.4, 0.5) is 4.39 Å². The molecule has 17 heavy (non-hydrogen) atoms. The third-order valence-corrected chi connectivity index (χ3v) is 2.44. The van der Waals surface area contributed by atoms with Crippen LogP contribution >= 0.6 is 11.6 Å². The van der Waals surface area contributed by atoms with Crippen molar-refractivity contribution in [1.29, 1.82) is 0 Å². The SMILES string of the molecule is O=c1[nH]c(CCl)nc(O)c1-c1cccc(F)c1. The number of benzene rings is 1. The molecular formula is C11H8ClFN2O2. The summed E-state index contributed by atoms with van der Waals surface area (Å²) in [5, 5.41) is 9.64. The Bertz CT molecular complexity index is 613. The molecule has 1 heterocycles. The molecule has 0 aliphatic carbocycles. The number of aromatic amines is 1. The molecule has 1 aromatic heterocycles. The van der Waals surface area contributed by atoms with E-state index in [9.17, 15) is 14.3 Å². The van der Waals surface area contributed by atoms with Crippen LogP contribution in [0.3, 0.4) is 0 Å². The van der Waals surface area contributed by atoms with Gasteiger partial charge in [-0.2, -0.15) is 4.98 Å². The van der Waals surface area contributed by atoms with Gasteiger partial charge in [-0.15, -0.1) is 11.6 Å². The Balaban J connectivity index is 2.64. The predicted octanol–water partition coefficient (Wildman–Crippen LogP) is 2.02. The van der Waals surface area contributed by atoms with Gasteiger partial charge in [0, 0.05) is 0 Å². The Kier molecular flexibility index (Phi) is 3.10. The Morgan fingerprint density at radius 2 is 2.24 bits per heavy atom. The topological polar surface area (TPSA) is 66.0 Å². The summed E-state index contributed by atoms with van der Waals surface area (Å²) in [6, 6.07) is 5.34. The smallest absolute Gasteiger partial charge is 0.262 e. The van der Waals surface area contributed by atoms with E-state index in [-0.39, 0.29) is 22.8 Å². The van der Waals surface area contributed by atoms with E-state index in [0.717, 1.165) is 6.07 Å². The third kappa shape index (κ3) is 2.29. The van der Waals surface area contributed by atoms with Crippen LogP contribution in [0.1, 0.15) is 5.82 Å². The van der Waals surface area contributed by atoms with Crippen molar-refractivity contribution in [3.63, 3.8) is 0 Å². The van der Waals surface area contributed by atoms with Crippen molar-refractivity contribution in [2.45, 2.75) is 5.88 Å². The molecule has 4 nitrogen and oxygen atoms in total. The monoisotopic (exact) mass is 254 g/mol. The summed E-state index contributed by atoms with van der Waals surface area (Å²) in [7, 11) is 0. The number of alkyl halides is 1. The first-order valence-electron chi connectivity index (χ1n) is 4.76. The average molecular weight is 255 g/mol. The van der Waals surface area contributed by atoms with Crippen LogP contribution < -0.4 is 5.56 Å². The number of aromatic nitrogens is 2. The normalized spacial score (nSPS) is 10.5. The van der Waals surface area contributed by atoms with Gasteiger partial charge in [0.1, 0.15) is 17.2 Å². The highest BCUT2D eigenvalue weighted by atomic mass is 35.5. The van der Waals surface area contributed by atoms with Gasteiger partial charge >= 0.3 is 0 Å². The summed E-state index contributed by atoms with van der Waals surface area (Å²) in [5.74, 6) is -0.821. The number of halogens is 2. The number of nitrogens with zero attached hydrogens (tertiary/aromatic N) is 1. The molecule has 0 spiro atoms. The van der Waals surface area contributed by atoms with Gasteiger partial charge in [0.15, 0.2) is 0 Å². The summed E-state index contributed by atoms with van der Waals surface area (Å²) < 4.78 is 13.0. The maximum atomic E-state index is 13.0. The van der Waals surface area contributed by atoms with Crippen molar-refractivity contribution in [2.24, 2.45) is 0 Å². The molecule has 88 valence electrons. The Hall–Kier alpha value is -1.88. The van der Waals surface area contributed by atoms with Gasteiger partial charge in [-0.1, -0.05) is 12.1 Å². The van der Waals surface area contributed by atoms with Gasteiger partial charge in [-0.05, 0) is 17.7 Å². The van der Waals surface area contributed by atoms with Crippen LogP contribution in [0.5, 0.6) is 5.88 Å². The number of aromatic hydroxyl groups is 1. The van der Waals surface area contributed by atoms with Gasteiger partial charge in [-0.25, -0.2) is 4.39 Å². The van der Waals surface area contributed by atoms with Crippen molar-refractivity contribution in [3.8, 4) is 17.0 Å². The second-order valence-corrected chi connectivity index (χ2v) is 3.62. The largest absolute Gasteiger partial charge is 0.493 e. The molecule has 2 rings (SSSR count).